The van der Waals surface area contributed by atoms with E-state index >= 15 is 0 Å². The molecule has 0 heterocycles. The Morgan fingerprint density at radius 1 is 0.619 bits per heavy atom. The highest BCUT2D eigenvalue weighted by Gasteiger charge is 2.24. The molecular weight excluding hydrogens is 508 g/mol. The lowest BCUT2D eigenvalue weighted by Gasteiger charge is -2.29. The molecule has 0 saturated carbocycles. The Bertz CT molecular complexity index is 1230. The number of rotatable bonds is 15. The van der Waals surface area contributed by atoms with Gasteiger partial charge in [0.2, 0.25) is 5.71 Å². The molecular formula is C40H59N2+. The highest BCUT2D eigenvalue weighted by Crippen LogP contribution is 2.36. The van der Waals surface area contributed by atoms with E-state index < -0.39 is 0 Å². The largest absolute Gasteiger partial charge is 0.371 e. The van der Waals surface area contributed by atoms with Crippen LogP contribution in [-0.2, 0) is 0 Å². The van der Waals surface area contributed by atoms with E-state index in [0.29, 0.717) is 0 Å². The number of benzene rings is 2. The highest BCUT2D eigenvalue weighted by atomic mass is 15.1. The molecule has 0 atom stereocenters. The molecule has 0 fully saturated rings. The highest BCUT2D eigenvalue weighted by molar-refractivity contribution is 6.11. The fraction of sp³-hybridized carbons (Fsp3) is 0.525. The molecule has 0 amide bonds. The van der Waals surface area contributed by atoms with Crippen molar-refractivity contribution in [2.75, 3.05) is 31.1 Å². The van der Waals surface area contributed by atoms with E-state index in [1.807, 2.05) is 0 Å². The van der Waals surface area contributed by atoms with Crippen LogP contribution in [0.15, 0.2) is 65.3 Å². The minimum atomic E-state index is 1.14. The Hall–Kier alpha value is -2.87. The zero-order valence-electron chi connectivity index (χ0n) is 28.5. The number of hydrogen-bond acceptors (Lipinski definition) is 1. The fourth-order valence-electron chi connectivity index (χ4n) is 6.49. The van der Waals surface area contributed by atoms with Crippen molar-refractivity contribution < 1.29 is 4.58 Å². The van der Waals surface area contributed by atoms with Gasteiger partial charge in [0.1, 0.15) is 13.1 Å². The minimum Gasteiger partial charge on any atom is -0.371 e. The molecule has 0 N–H and O–H groups in total. The smallest absolute Gasteiger partial charge is 0.205 e. The number of aryl methyl sites for hydroxylation is 3. The lowest BCUT2D eigenvalue weighted by molar-refractivity contribution is -0.528. The summed E-state index contributed by atoms with van der Waals surface area (Å²) in [5, 5.41) is 0. The Morgan fingerprint density at radius 3 is 1.55 bits per heavy atom. The van der Waals surface area contributed by atoms with Gasteiger partial charge < -0.3 is 4.90 Å². The molecule has 0 unspecified atom stereocenters. The van der Waals surface area contributed by atoms with Gasteiger partial charge in [-0.25, -0.2) is 4.58 Å². The Balaban J connectivity index is 2.21. The zero-order valence-corrected chi connectivity index (χ0v) is 28.5. The van der Waals surface area contributed by atoms with Gasteiger partial charge in [-0.1, -0.05) is 83.2 Å². The first-order valence-electron chi connectivity index (χ1n) is 16.9. The standard InChI is InChI=1S/C40H59N2/c1-10-14-22-41(23-15-11-2)39-31(6)26-36(27-32(39)7)38(35-20-18-30(5)19-21-35)37-28-33(8)40(34(9)29-37)42(24-16-12-3)25-17-13-4/h18-21,26-29H,10-17,22-25H2,1-9H3/q+1. The van der Waals surface area contributed by atoms with Gasteiger partial charge in [0.15, 0.2) is 0 Å². The summed E-state index contributed by atoms with van der Waals surface area (Å²) in [5.74, 6) is 0. The van der Waals surface area contributed by atoms with Crippen LogP contribution in [-0.4, -0.2) is 36.5 Å². The summed E-state index contributed by atoms with van der Waals surface area (Å²) < 4.78 is 2.65. The van der Waals surface area contributed by atoms with Crippen LogP contribution < -0.4 is 4.90 Å². The molecule has 0 saturated heterocycles. The first-order chi connectivity index (χ1) is 20.2. The van der Waals surface area contributed by atoms with E-state index in [1.165, 1.54) is 113 Å². The van der Waals surface area contributed by atoms with Crippen molar-refractivity contribution in [1.29, 1.82) is 0 Å². The quantitative estimate of drug-likeness (QED) is 0.194. The molecule has 1 aliphatic rings. The van der Waals surface area contributed by atoms with Crippen molar-refractivity contribution >= 4 is 17.0 Å². The van der Waals surface area contributed by atoms with E-state index in [9.17, 15) is 0 Å². The summed E-state index contributed by atoms with van der Waals surface area (Å²) in [7, 11) is 0. The summed E-state index contributed by atoms with van der Waals surface area (Å²) in [6, 6.07) is 14.0. The summed E-state index contributed by atoms with van der Waals surface area (Å²) >= 11 is 0. The van der Waals surface area contributed by atoms with Crippen molar-refractivity contribution in [3.8, 4) is 0 Å². The molecule has 0 bridgehead atoms. The predicted molar refractivity (Wildman–Crippen MR) is 187 cm³/mol. The third kappa shape index (κ3) is 8.59. The van der Waals surface area contributed by atoms with E-state index in [4.69, 9.17) is 0 Å². The molecule has 2 aromatic rings. The van der Waals surface area contributed by atoms with Gasteiger partial charge >= 0.3 is 0 Å². The first-order valence-corrected chi connectivity index (χ1v) is 16.9. The number of hydrogen-bond donors (Lipinski definition) is 0. The van der Waals surface area contributed by atoms with Crippen LogP contribution in [0.25, 0.3) is 5.57 Å². The number of allylic oxidation sites excluding steroid dienone is 5. The maximum absolute atomic E-state index is 2.65. The van der Waals surface area contributed by atoms with Crippen LogP contribution in [0.4, 0.5) is 5.69 Å². The van der Waals surface area contributed by atoms with Crippen molar-refractivity contribution in [1.82, 2.24) is 0 Å². The van der Waals surface area contributed by atoms with Crippen LogP contribution in [0.5, 0.6) is 0 Å². The van der Waals surface area contributed by atoms with Crippen LogP contribution >= 0.6 is 0 Å². The van der Waals surface area contributed by atoms with E-state index in [2.05, 4.69) is 120 Å². The summed E-state index contributed by atoms with van der Waals surface area (Å²) in [5.41, 5.74) is 15.0. The van der Waals surface area contributed by atoms with Gasteiger partial charge in [-0.15, -0.1) is 0 Å². The molecule has 0 radical (unpaired) electrons. The molecule has 3 rings (SSSR count). The Labute approximate surface area is 258 Å². The third-order valence-corrected chi connectivity index (χ3v) is 8.66. The van der Waals surface area contributed by atoms with Crippen molar-refractivity contribution in [2.45, 2.75) is 114 Å². The Kier molecular flexibility index (Phi) is 13.4. The first kappa shape index (κ1) is 33.6. The van der Waals surface area contributed by atoms with Crippen molar-refractivity contribution in [2.24, 2.45) is 0 Å². The van der Waals surface area contributed by atoms with Gasteiger partial charge in [0.05, 0.1) is 0 Å². The number of unbranched alkanes of at least 4 members (excludes halogenated alkanes) is 4. The minimum absolute atomic E-state index is 1.14. The maximum atomic E-state index is 2.65. The third-order valence-electron chi connectivity index (χ3n) is 8.66. The van der Waals surface area contributed by atoms with Crippen molar-refractivity contribution in [3.63, 3.8) is 0 Å². The van der Waals surface area contributed by atoms with Crippen LogP contribution in [0.1, 0.15) is 121 Å². The molecule has 0 aromatic heterocycles. The molecule has 2 aromatic carbocycles. The molecule has 228 valence electrons. The second kappa shape index (κ2) is 16.7. The topological polar surface area (TPSA) is 6.25 Å². The fourth-order valence-corrected chi connectivity index (χ4v) is 6.49. The van der Waals surface area contributed by atoms with Crippen LogP contribution in [0.3, 0.4) is 0 Å². The van der Waals surface area contributed by atoms with Gasteiger partial charge in [-0.2, -0.15) is 0 Å². The van der Waals surface area contributed by atoms with Crippen molar-refractivity contribution in [3.05, 3.63) is 93.1 Å². The maximum Gasteiger partial charge on any atom is 0.205 e. The summed E-state index contributed by atoms with van der Waals surface area (Å²) in [6.45, 7) is 25.2. The average molecular weight is 568 g/mol. The monoisotopic (exact) mass is 567 g/mol. The molecule has 2 heteroatoms. The SMILES string of the molecule is CCCCN(CCCC)c1c(C)cc(C(=C2C=C(C)C(=[N+](CCCC)CCCC)C(C)=C2)c2ccc(C)cc2)cc1C. The van der Waals surface area contributed by atoms with E-state index in [-0.39, 0.29) is 0 Å². The zero-order chi connectivity index (χ0) is 30.6. The molecule has 1 aliphatic carbocycles. The molecule has 42 heavy (non-hydrogen) atoms. The molecule has 0 aliphatic heterocycles. The lowest BCUT2D eigenvalue weighted by Crippen LogP contribution is -2.27. The number of nitrogens with zero attached hydrogens (tertiary/aromatic N) is 2. The number of anilines is 1. The summed E-state index contributed by atoms with van der Waals surface area (Å²) in [4.78, 5) is 2.65. The van der Waals surface area contributed by atoms with Gasteiger partial charge in [0, 0.05) is 42.8 Å². The Morgan fingerprint density at radius 2 is 1.10 bits per heavy atom. The van der Waals surface area contributed by atoms with Crippen LogP contribution in [0, 0.1) is 20.8 Å². The molecule has 2 nitrogen and oxygen atoms in total. The normalized spacial score (nSPS) is 13.3. The van der Waals surface area contributed by atoms with Gasteiger partial charge in [-0.3, -0.25) is 0 Å². The van der Waals surface area contributed by atoms with Crippen LogP contribution in [0.2, 0.25) is 0 Å². The molecule has 0 spiro atoms. The predicted octanol–water partition coefficient (Wildman–Crippen LogP) is 10.8. The van der Waals surface area contributed by atoms with Gasteiger partial charge in [-0.05, 0) is 105 Å². The van der Waals surface area contributed by atoms with Gasteiger partial charge in [0.25, 0.3) is 0 Å². The average Bonchev–Trinajstić information content (AvgIpc) is 2.95. The lowest BCUT2D eigenvalue weighted by atomic mass is 9.85. The summed E-state index contributed by atoms with van der Waals surface area (Å²) in [6.07, 6.45) is 14.8. The van der Waals surface area contributed by atoms with E-state index in [0.717, 1.165) is 26.2 Å². The second-order valence-corrected chi connectivity index (χ2v) is 12.5. The second-order valence-electron chi connectivity index (χ2n) is 12.5. The van der Waals surface area contributed by atoms with E-state index in [1.54, 1.807) is 0 Å².